The maximum atomic E-state index is 2.31. The Bertz CT molecular complexity index is 57.1. The third-order valence-corrected chi connectivity index (χ3v) is 3.83. The van der Waals surface area contributed by atoms with Gasteiger partial charge in [-0.05, 0) is 11.8 Å². The van der Waals surface area contributed by atoms with Gasteiger partial charge in [0.25, 0.3) is 0 Å². The van der Waals surface area contributed by atoms with Crippen molar-refractivity contribution in [3.8, 4) is 0 Å². The molecule has 0 heterocycles. The third-order valence-electron chi connectivity index (χ3n) is 1.28. The van der Waals surface area contributed by atoms with E-state index in [1.54, 1.807) is 0 Å². The zero-order valence-electron chi connectivity index (χ0n) is 7.90. The first kappa shape index (κ1) is 18.0. The normalized spacial score (nSPS) is 9.27. The maximum Gasteiger partial charge on any atom is 1.24 e. The second-order valence-corrected chi connectivity index (χ2v) is 5.07. The largest absolute Gasteiger partial charge is 1.24 e. The van der Waals surface area contributed by atoms with E-state index in [-0.39, 0.29) is 24.8 Å². The Hall–Kier alpha value is 1.11. The molecule has 0 aromatic carbocycles. The smallest absolute Gasteiger partial charge is 1.00 e. The average molecular weight is 212 g/mol. The molecule has 0 aliphatic carbocycles. The summed E-state index contributed by atoms with van der Waals surface area (Å²) in [4.78, 5) is 0. The van der Waals surface area contributed by atoms with E-state index in [1.807, 2.05) is 0 Å². The van der Waals surface area contributed by atoms with Crippen LogP contribution in [0.2, 0.25) is 10.6 Å². The minimum Gasteiger partial charge on any atom is -1.00 e. The Morgan fingerprint density at radius 3 is 1.27 bits per heavy atom. The first-order valence-electron chi connectivity index (χ1n) is 3.94. The summed E-state index contributed by atoms with van der Waals surface area (Å²) in [6.45, 7) is 9.25. The zero-order valence-corrected chi connectivity index (χ0v) is 10.6. The molecular formula is C8H18AlCl2. The van der Waals surface area contributed by atoms with Crippen molar-refractivity contribution in [2.45, 2.75) is 38.3 Å². The van der Waals surface area contributed by atoms with Crippen LogP contribution < -0.4 is 24.8 Å². The van der Waals surface area contributed by atoms with Crippen molar-refractivity contribution in [1.82, 2.24) is 0 Å². The van der Waals surface area contributed by atoms with E-state index in [1.165, 1.54) is 10.6 Å². The fraction of sp³-hybridized carbons (Fsp3) is 1.00. The molecule has 67 valence electrons. The number of halogens is 2. The Morgan fingerprint density at radius 2 is 1.09 bits per heavy atom. The molecule has 0 rings (SSSR count). The fourth-order valence-electron chi connectivity index (χ4n) is 0.763. The van der Waals surface area contributed by atoms with Gasteiger partial charge >= 0.3 is 15.2 Å². The number of hydrogen-bond donors (Lipinski definition) is 0. The Morgan fingerprint density at radius 1 is 0.818 bits per heavy atom. The molecular weight excluding hydrogens is 194 g/mol. The molecule has 5 radical (unpaired) electrons. The molecule has 3 heteroatoms. The van der Waals surface area contributed by atoms with Gasteiger partial charge in [0.15, 0.2) is 10.6 Å². The van der Waals surface area contributed by atoms with Gasteiger partial charge in [0.1, 0.15) is 0 Å². The van der Waals surface area contributed by atoms with E-state index < -0.39 is 0 Å². The van der Waals surface area contributed by atoms with Crippen molar-refractivity contribution in [3.63, 3.8) is 0 Å². The summed E-state index contributed by atoms with van der Waals surface area (Å²) in [6, 6.07) is 0. The quantitative estimate of drug-likeness (QED) is 0.432. The molecule has 0 atom stereocenters. The molecule has 0 saturated carbocycles. The lowest BCUT2D eigenvalue weighted by Crippen LogP contribution is -3.00. The monoisotopic (exact) mass is 211 g/mol. The molecule has 0 fully saturated rings. The summed E-state index contributed by atoms with van der Waals surface area (Å²) in [5, 5.41) is 2.97. The highest BCUT2D eigenvalue weighted by Crippen LogP contribution is 2.05. The summed E-state index contributed by atoms with van der Waals surface area (Å²) in [5.41, 5.74) is 0. The molecule has 11 heavy (non-hydrogen) atoms. The lowest BCUT2D eigenvalue weighted by molar-refractivity contribution is -0.001000. The number of rotatable bonds is 4. The van der Waals surface area contributed by atoms with Crippen molar-refractivity contribution < 1.29 is 24.8 Å². The molecule has 0 nitrogen and oxygen atoms in total. The molecule has 0 aliphatic heterocycles. The molecule has 0 aromatic heterocycles. The van der Waals surface area contributed by atoms with Crippen LogP contribution in [-0.2, 0) is 0 Å². The van der Waals surface area contributed by atoms with Crippen molar-refractivity contribution in [2.24, 2.45) is 11.8 Å². The van der Waals surface area contributed by atoms with Crippen LogP contribution in [0.1, 0.15) is 27.7 Å². The van der Waals surface area contributed by atoms with Crippen LogP contribution >= 0.6 is 0 Å². The van der Waals surface area contributed by atoms with E-state index in [4.69, 9.17) is 0 Å². The van der Waals surface area contributed by atoms with Crippen molar-refractivity contribution in [2.75, 3.05) is 0 Å². The van der Waals surface area contributed by atoms with Crippen LogP contribution in [0.3, 0.4) is 0 Å². The Labute approximate surface area is 90.1 Å². The molecule has 0 N–H and O–H groups in total. The Balaban J connectivity index is -0.000000320. The van der Waals surface area contributed by atoms with E-state index in [0.717, 1.165) is 27.1 Å². The summed E-state index contributed by atoms with van der Waals surface area (Å²) < 4.78 is 0. The van der Waals surface area contributed by atoms with E-state index in [0.29, 0.717) is 0 Å². The van der Waals surface area contributed by atoms with Gasteiger partial charge in [0.2, 0.25) is 0 Å². The van der Waals surface area contributed by atoms with Gasteiger partial charge in [-0.1, -0.05) is 27.7 Å². The van der Waals surface area contributed by atoms with Gasteiger partial charge in [-0.3, -0.25) is 0 Å². The number of hydrogen-bond acceptors (Lipinski definition) is 0. The Kier molecular flexibility index (Phi) is 18.2. The van der Waals surface area contributed by atoms with Gasteiger partial charge in [0, 0.05) is 0 Å². The van der Waals surface area contributed by atoms with Crippen molar-refractivity contribution in [3.05, 3.63) is 0 Å². The molecule has 0 bridgehead atoms. The minimum absolute atomic E-state index is 0. The molecule has 0 aromatic rings. The lowest BCUT2D eigenvalue weighted by Gasteiger charge is -1.85. The molecule has 0 amide bonds. The molecule has 0 saturated heterocycles. The minimum atomic E-state index is 0. The SMILES string of the molecule is CC(C)[CH2][Al+2][CH2]C(C)C.[Cl-].[Cl-]. The van der Waals surface area contributed by atoms with Crippen LogP contribution in [-0.4, -0.2) is 15.2 Å². The molecule has 0 aliphatic rings. The van der Waals surface area contributed by atoms with E-state index in [9.17, 15) is 0 Å². The predicted molar refractivity (Wildman–Crippen MR) is 45.0 cm³/mol. The highest BCUT2D eigenvalue weighted by Gasteiger charge is 2.44. The summed E-state index contributed by atoms with van der Waals surface area (Å²) in [7, 11) is 0. The van der Waals surface area contributed by atoms with Crippen molar-refractivity contribution >= 4 is 15.2 Å². The summed E-state index contributed by atoms with van der Waals surface area (Å²) in [6.07, 6.45) is 0. The van der Waals surface area contributed by atoms with E-state index >= 15 is 0 Å². The summed E-state index contributed by atoms with van der Waals surface area (Å²) >= 11 is 0.755. The summed E-state index contributed by atoms with van der Waals surface area (Å²) in [5.74, 6) is 1.86. The van der Waals surface area contributed by atoms with Crippen LogP contribution in [0.4, 0.5) is 0 Å². The second-order valence-electron chi connectivity index (χ2n) is 3.55. The van der Waals surface area contributed by atoms with Gasteiger partial charge in [0.05, 0.1) is 0 Å². The molecule has 0 unspecified atom stereocenters. The molecule has 0 spiro atoms. The second kappa shape index (κ2) is 11.1. The standard InChI is InChI=1S/2C4H9.Al.2ClH/c2*1-4(2)3;;;/h2*4H,1H2,2-3H3;;2*1H/q;;+2;;/p-2. The first-order valence-corrected chi connectivity index (χ1v) is 5.58. The van der Waals surface area contributed by atoms with Crippen LogP contribution in [0.5, 0.6) is 0 Å². The van der Waals surface area contributed by atoms with Gasteiger partial charge in [-0.15, -0.1) is 0 Å². The van der Waals surface area contributed by atoms with Crippen LogP contribution in [0, 0.1) is 11.8 Å². The van der Waals surface area contributed by atoms with Crippen LogP contribution in [0.25, 0.3) is 0 Å². The van der Waals surface area contributed by atoms with Crippen molar-refractivity contribution in [1.29, 1.82) is 0 Å². The van der Waals surface area contributed by atoms with E-state index in [2.05, 4.69) is 27.7 Å². The highest BCUT2D eigenvalue weighted by molar-refractivity contribution is 6.35. The van der Waals surface area contributed by atoms with Gasteiger partial charge in [-0.2, -0.15) is 0 Å². The average Bonchev–Trinajstić information content (AvgIpc) is 1.63. The van der Waals surface area contributed by atoms with Gasteiger partial charge < -0.3 is 24.8 Å². The van der Waals surface area contributed by atoms with Crippen LogP contribution in [0.15, 0.2) is 0 Å². The third kappa shape index (κ3) is 18.2. The predicted octanol–water partition coefficient (Wildman–Crippen LogP) is -3.15. The highest BCUT2D eigenvalue weighted by atomic mass is 35.5. The first-order chi connectivity index (χ1) is 4.13. The zero-order chi connectivity index (χ0) is 7.28. The fourth-order valence-corrected chi connectivity index (χ4v) is 2.29. The topological polar surface area (TPSA) is 0 Å². The maximum absolute atomic E-state index is 2.31. The lowest BCUT2D eigenvalue weighted by atomic mass is 10.3. The van der Waals surface area contributed by atoms with Gasteiger partial charge in [-0.25, -0.2) is 0 Å².